The van der Waals surface area contributed by atoms with Crippen LogP contribution >= 0.6 is 15.9 Å². The standard InChI is InChI=1S/C18H31BrN2/c1-5-15(6-2)14-21(7-3)13-12-18(20-4)16-8-10-17(19)11-9-16/h8-11,15,18,20H,5-7,12-14H2,1-4H3. The molecule has 0 amide bonds. The average molecular weight is 355 g/mol. The van der Waals surface area contributed by atoms with Gasteiger partial charge in [0, 0.05) is 17.1 Å². The summed E-state index contributed by atoms with van der Waals surface area (Å²) in [5, 5.41) is 3.46. The number of hydrogen-bond donors (Lipinski definition) is 1. The van der Waals surface area contributed by atoms with Gasteiger partial charge in [0.05, 0.1) is 0 Å². The third-order valence-corrected chi connectivity index (χ3v) is 5.00. The molecule has 21 heavy (non-hydrogen) atoms. The maximum Gasteiger partial charge on any atom is 0.0329 e. The van der Waals surface area contributed by atoms with Crippen LogP contribution in [-0.4, -0.2) is 31.6 Å². The molecule has 120 valence electrons. The zero-order chi connectivity index (χ0) is 15.7. The van der Waals surface area contributed by atoms with E-state index in [1.807, 2.05) is 0 Å². The lowest BCUT2D eigenvalue weighted by Crippen LogP contribution is -2.32. The Balaban J connectivity index is 2.54. The minimum absolute atomic E-state index is 0.439. The molecule has 1 rings (SSSR count). The van der Waals surface area contributed by atoms with Gasteiger partial charge in [-0.1, -0.05) is 61.7 Å². The van der Waals surface area contributed by atoms with Crippen LogP contribution in [0.2, 0.25) is 0 Å². The number of rotatable bonds is 10. The van der Waals surface area contributed by atoms with Crippen LogP contribution in [0, 0.1) is 5.92 Å². The fourth-order valence-electron chi connectivity index (χ4n) is 2.77. The first-order chi connectivity index (χ1) is 10.1. The summed E-state index contributed by atoms with van der Waals surface area (Å²) >= 11 is 3.50. The second-order valence-electron chi connectivity index (χ2n) is 5.76. The van der Waals surface area contributed by atoms with E-state index < -0.39 is 0 Å². The molecule has 1 atom stereocenters. The third-order valence-electron chi connectivity index (χ3n) is 4.47. The second-order valence-corrected chi connectivity index (χ2v) is 6.67. The largest absolute Gasteiger partial charge is 0.313 e. The summed E-state index contributed by atoms with van der Waals surface area (Å²) in [7, 11) is 2.06. The predicted molar refractivity (Wildman–Crippen MR) is 96.7 cm³/mol. The molecular formula is C18H31BrN2. The van der Waals surface area contributed by atoms with Gasteiger partial charge in [0.1, 0.15) is 0 Å². The topological polar surface area (TPSA) is 15.3 Å². The van der Waals surface area contributed by atoms with E-state index in [1.54, 1.807) is 0 Å². The summed E-state index contributed by atoms with van der Waals surface area (Å²) in [6, 6.07) is 9.11. The van der Waals surface area contributed by atoms with Gasteiger partial charge < -0.3 is 10.2 Å². The molecule has 0 aliphatic rings. The number of nitrogens with one attached hydrogen (secondary N) is 1. The van der Waals surface area contributed by atoms with Gasteiger partial charge in [-0.3, -0.25) is 0 Å². The molecule has 1 N–H and O–H groups in total. The maximum atomic E-state index is 3.50. The number of halogens is 1. The summed E-state index contributed by atoms with van der Waals surface area (Å²) < 4.78 is 1.14. The van der Waals surface area contributed by atoms with Crippen molar-refractivity contribution in [1.82, 2.24) is 10.2 Å². The zero-order valence-electron chi connectivity index (χ0n) is 14.0. The molecule has 3 heteroatoms. The Hall–Kier alpha value is -0.380. The van der Waals surface area contributed by atoms with E-state index in [0.29, 0.717) is 6.04 Å². The van der Waals surface area contributed by atoms with Crippen LogP contribution in [0.15, 0.2) is 28.7 Å². The van der Waals surface area contributed by atoms with Gasteiger partial charge in [-0.25, -0.2) is 0 Å². The molecule has 1 unspecified atom stereocenters. The summed E-state index contributed by atoms with van der Waals surface area (Å²) in [5.41, 5.74) is 1.37. The minimum atomic E-state index is 0.439. The molecule has 0 saturated carbocycles. The summed E-state index contributed by atoms with van der Waals surface area (Å²) in [6.45, 7) is 10.4. The van der Waals surface area contributed by atoms with Crippen LogP contribution in [0.3, 0.4) is 0 Å². The van der Waals surface area contributed by atoms with Crippen molar-refractivity contribution in [2.45, 2.75) is 46.1 Å². The fraction of sp³-hybridized carbons (Fsp3) is 0.667. The van der Waals surface area contributed by atoms with E-state index >= 15 is 0 Å². The van der Waals surface area contributed by atoms with Gasteiger partial charge in [0.15, 0.2) is 0 Å². The highest BCUT2D eigenvalue weighted by Crippen LogP contribution is 2.20. The lowest BCUT2D eigenvalue weighted by atomic mass is 10.0. The molecule has 0 spiro atoms. The summed E-state index contributed by atoms with van der Waals surface area (Å²) in [4.78, 5) is 2.60. The van der Waals surface area contributed by atoms with Crippen LogP contribution in [-0.2, 0) is 0 Å². The Labute approximate surface area is 139 Å². The van der Waals surface area contributed by atoms with Crippen molar-refractivity contribution >= 4 is 15.9 Å². The van der Waals surface area contributed by atoms with E-state index in [1.165, 1.54) is 24.9 Å². The van der Waals surface area contributed by atoms with Crippen LogP contribution in [0.4, 0.5) is 0 Å². The molecule has 0 aliphatic carbocycles. The van der Waals surface area contributed by atoms with Crippen LogP contribution in [0.25, 0.3) is 0 Å². The highest BCUT2D eigenvalue weighted by Gasteiger charge is 2.13. The van der Waals surface area contributed by atoms with E-state index in [-0.39, 0.29) is 0 Å². The smallest absolute Gasteiger partial charge is 0.0329 e. The second kappa shape index (κ2) is 10.4. The first kappa shape index (κ1) is 18.7. The van der Waals surface area contributed by atoms with Crippen molar-refractivity contribution < 1.29 is 0 Å². The summed E-state index contributed by atoms with van der Waals surface area (Å²) in [5.74, 6) is 0.839. The van der Waals surface area contributed by atoms with Crippen LogP contribution in [0.5, 0.6) is 0 Å². The van der Waals surface area contributed by atoms with Crippen molar-refractivity contribution in [2.75, 3.05) is 26.7 Å². The van der Waals surface area contributed by atoms with Crippen molar-refractivity contribution in [3.63, 3.8) is 0 Å². The van der Waals surface area contributed by atoms with E-state index in [4.69, 9.17) is 0 Å². The first-order valence-corrected chi connectivity index (χ1v) is 9.08. The number of benzene rings is 1. The highest BCUT2D eigenvalue weighted by molar-refractivity contribution is 9.10. The van der Waals surface area contributed by atoms with E-state index in [2.05, 4.69) is 78.2 Å². The van der Waals surface area contributed by atoms with Gasteiger partial charge in [0.25, 0.3) is 0 Å². The van der Waals surface area contributed by atoms with Gasteiger partial charge in [0.2, 0.25) is 0 Å². The molecule has 0 aliphatic heterocycles. The van der Waals surface area contributed by atoms with Gasteiger partial charge >= 0.3 is 0 Å². The Morgan fingerprint density at radius 3 is 2.19 bits per heavy atom. The van der Waals surface area contributed by atoms with Gasteiger partial charge in [-0.15, -0.1) is 0 Å². The molecule has 0 heterocycles. The minimum Gasteiger partial charge on any atom is -0.313 e. The lowest BCUT2D eigenvalue weighted by molar-refractivity contribution is 0.223. The molecule has 0 fully saturated rings. The van der Waals surface area contributed by atoms with Crippen LogP contribution < -0.4 is 5.32 Å². The van der Waals surface area contributed by atoms with E-state index in [9.17, 15) is 0 Å². The predicted octanol–water partition coefficient (Wildman–Crippen LogP) is 4.86. The van der Waals surface area contributed by atoms with Crippen molar-refractivity contribution in [1.29, 1.82) is 0 Å². The van der Waals surface area contributed by atoms with Crippen LogP contribution in [0.1, 0.15) is 51.6 Å². The summed E-state index contributed by atoms with van der Waals surface area (Å²) in [6.07, 6.45) is 3.73. The molecule has 1 aromatic rings. The van der Waals surface area contributed by atoms with Crippen molar-refractivity contribution in [2.24, 2.45) is 5.92 Å². The normalized spacial score (nSPS) is 13.1. The van der Waals surface area contributed by atoms with Gasteiger partial charge in [-0.05, 0) is 50.2 Å². The molecule has 0 radical (unpaired) electrons. The average Bonchev–Trinajstić information content (AvgIpc) is 2.52. The lowest BCUT2D eigenvalue weighted by Gasteiger charge is -2.27. The van der Waals surface area contributed by atoms with Crippen molar-refractivity contribution in [3.8, 4) is 0 Å². The Kier molecular flexibility index (Phi) is 9.21. The first-order valence-electron chi connectivity index (χ1n) is 8.29. The Bertz CT molecular complexity index is 373. The molecule has 2 nitrogen and oxygen atoms in total. The number of nitrogens with zero attached hydrogens (tertiary/aromatic N) is 1. The molecule has 0 bridgehead atoms. The zero-order valence-corrected chi connectivity index (χ0v) is 15.6. The monoisotopic (exact) mass is 354 g/mol. The van der Waals surface area contributed by atoms with Gasteiger partial charge in [-0.2, -0.15) is 0 Å². The van der Waals surface area contributed by atoms with Crippen molar-refractivity contribution in [3.05, 3.63) is 34.3 Å². The molecule has 0 saturated heterocycles. The quantitative estimate of drug-likeness (QED) is 0.645. The Morgan fingerprint density at radius 1 is 1.10 bits per heavy atom. The van der Waals surface area contributed by atoms with E-state index in [0.717, 1.165) is 29.9 Å². The fourth-order valence-corrected chi connectivity index (χ4v) is 3.04. The third kappa shape index (κ3) is 6.50. The maximum absolute atomic E-state index is 3.50. The molecule has 1 aromatic carbocycles. The SMILES string of the molecule is CCC(CC)CN(CC)CCC(NC)c1ccc(Br)cc1. The molecular weight excluding hydrogens is 324 g/mol. The molecule has 0 aromatic heterocycles. The Morgan fingerprint density at radius 2 is 1.71 bits per heavy atom. The number of hydrogen-bond acceptors (Lipinski definition) is 2. The highest BCUT2D eigenvalue weighted by atomic mass is 79.9.